The summed E-state index contributed by atoms with van der Waals surface area (Å²) < 4.78 is 0. The monoisotopic (exact) mass is 334 g/mol. The zero-order chi connectivity index (χ0) is 18.0. The van der Waals surface area contributed by atoms with Gasteiger partial charge in [-0.3, -0.25) is 9.59 Å². The Hall–Kier alpha value is -2.88. The van der Waals surface area contributed by atoms with Crippen LogP contribution in [0.4, 0.5) is 5.69 Å². The van der Waals surface area contributed by atoms with Crippen molar-refractivity contribution in [3.63, 3.8) is 0 Å². The van der Waals surface area contributed by atoms with E-state index in [0.29, 0.717) is 12.0 Å². The lowest BCUT2D eigenvalue weighted by Crippen LogP contribution is -2.32. The summed E-state index contributed by atoms with van der Waals surface area (Å²) in [7, 11) is 0. The van der Waals surface area contributed by atoms with E-state index in [2.05, 4.69) is 4.98 Å². The van der Waals surface area contributed by atoms with E-state index in [0.717, 1.165) is 27.7 Å². The number of rotatable bonds is 4. The van der Waals surface area contributed by atoms with Gasteiger partial charge in [0.25, 0.3) is 5.56 Å². The molecule has 4 nitrogen and oxygen atoms in total. The van der Waals surface area contributed by atoms with Crippen molar-refractivity contribution in [2.45, 2.75) is 33.7 Å². The second-order valence-electron chi connectivity index (χ2n) is 6.34. The number of hydrogen-bond acceptors (Lipinski definition) is 2. The molecule has 128 valence electrons. The Balaban J connectivity index is 2.05. The Morgan fingerprint density at radius 1 is 1.08 bits per heavy atom. The quantitative estimate of drug-likeness (QED) is 0.781. The average Bonchev–Trinajstić information content (AvgIpc) is 2.60. The maximum atomic E-state index is 12.5. The van der Waals surface area contributed by atoms with Crippen molar-refractivity contribution < 1.29 is 4.79 Å². The number of aryl methyl sites for hydroxylation is 2. The maximum Gasteiger partial charge on any atom is 0.253 e. The van der Waals surface area contributed by atoms with Gasteiger partial charge in [0.1, 0.15) is 0 Å². The highest BCUT2D eigenvalue weighted by Gasteiger charge is 2.17. The lowest BCUT2D eigenvalue weighted by atomic mass is 10.1. The number of carbonyl (C=O) groups is 1. The van der Waals surface area contributed by atoms with Crippen molar-refractivity contribution in [2.75, 3.05) is 4.90 Å². The van der Waals surface area contributed by atoms with E-state index in [1.807, 2.05) is 69.3 Å². The molecular formula is C21H22N2O2. The fraction of sp³-hybridized carbons (Fsp3) is 0.238. The first-order chi connectivity index (χ1) is 12.0. The van der Waals surface area contributed by atoms with Crippen molar-refractivity contribution in [3.05, 3.63) is 75.6 Å². The van der Waals surface area contributed by atoms with Crippen LogP contribution in [0.25, 0.3) is 10.9 Å². The molecule has 0 fully saturated rings. The Morgan fingerprint density at radius 3 is 2.56 bits per heavy atom. The number of pyridine rings is 1. The summed E-state index contributed by atoms with van der Waals surface area (Å²) in [6.45, 7) is 6.05. The van der Waals surface area contributed by atoms with Gasteiger partial charge in [0.05, 0.1) is 12.1 Å². The first-order valence-electron chi connectivity index (χ1n) is 8.48. The van der Waals surface area contributed by atoms with Crippen LogP contribution in [0.1, 0.15) is 30.0 Å². The van der Waals surface area contributed by atoms with Crippen molar-refractivity contribution in [1.29, 1.82) is 0 Å². The number of benzene rings is 2. The fourth-order valence-corrected chi connectivity index (χ4v) is 3.03. The molecule has 0 unspecified atom stereocenters. The predicted octanol–water partition coefficient (Wildman–Crippen LogP) is 4.09. The molecule has 2 aromatic carbocycles. The van der Waals surface area contributed by atoms with Gasteiger partial charge in [-0.1, -0.05) is 37.3 Å². The van der Waals surface area contributed by atoms with Crippen LogP contribution in [-0.4, -0.2) is 10.9 Å². The largest absolute Gasteiger partial charge is 0.321 e. The lowest BCUT2D eigenvalue weighted by Gasteiger charge is -2.23. The maximum absolute atomic E-state index is 12.5. The van der Waals surface area contributed by atoms with Crippen LogP contribution in [0, 0.1) is 13.8 Å². The number of H-pyrrole nitrogens is 1. The SMILES string of the molecule is CCC(=O)N(Cc1cc2cccc(C)c2[nH]c1=O)c1cccc(C)c1. The minimum absolute atomic E-state index is 0.00524. The van der Waals surface area contributed by atoms with Crippen LogP contribution in [0.5, 0.6) is 0 Å². The van der Waals surface area contributed by atoms with Crippen LogP contribution in [0.2, 0.25) is 0 Å². The highest BCUT2D eigenvalue weighted by molar-refractivity contribution is 5.93. The summed E-state index contributed by atoms with van der Waals surface area (Å²) in [6, 6.07) is 15.6. The molecule has 3 aromatic rings. The molecular weight excluding hydrogens is 312 g/mol. The first kappa shape index (κ1) is 17.0. The molecule has 0 aliphatic carbocycles. The molecule has 4 heteroatoms. The van der Waals surface area contributed by atoms with Gasteiger partial charge < -0.3 is 9.88 Å². The molecule has 1 heterocycles. The molecule has 0 aliphatic heterocycles. The Morgan fingerprint density at radius 2 is 1.84 bits per heavy atom. The molecule has 0 aliphatic rings. The second kappa shape index (κ2) is 6.93. The van der Waals surface area contributed by atoms with Crippen molar-refractivity contribution >= 4 is 22.5 Å². The molecule has 1 amide bonds. The zero-order valence-electron chi connectivity index (χ0n) is 14.8. The van der Waals surface area contributed by atoms with Gasteiger partial charge in [-0.05, 0) is 48.6 Å². The van der Waals surface area contributed by atoms with E-state index >= 15 is 0 Å². The van der Waals surface area contributed by atoms with Crippen molar-refractivity contribution in [1.82, 2.24) is 4.98 Å². The molecule has 0 bridgehead atoms. The second-order valence-corrected chi connectivity index (χ2v) is 6.34. The van der Waals surface area contributed by atoms with Gasteiger partial charge in [0.15, 0.2) is 0 Å². The number of nitrogens with one attached hydrogen (secondary N) is 1. The number of para-hydroxylation sites is 1. The van der Waals surface area contributed by atoms with E-state index < -0.39 is 0 Å². The summed E-state index contributed by atoms with van der Waals surface area (Å²) in [5, 5.41) is 0.975. The highest BCUT2D eigenvalue weighted by atomic mass is 16.2. The van der Waals surface area contributed by atoms with Gasteiger partial charge in [-0.25, -0.2) is 0 Å². The molecule has 25 heavy (non-hydrogen) atoms. The normalized spacial score (nSPS) is 10.8. The number of aromatic nitrogens is 1. The van der Waals surface area contributed by atoms with Crippen molar-refractivity contribution in [2.24, 2.45) is 0 Å². The number of carbonyl (C=O) groups excluding carboxylic acids is 1. The van der Waals surface area contributed by atoms with E-state index in [1.54, 1.807) is 4.90 Å². The van der Waals surface area contributed by atoms with Crippen LogP contribution in [0.3, 0.4) is 0 Å². The number of aromatic amines is 1. The van der Waals surface area contributed by atoms with E-state index in [4.69, 9.17) is 0 Å². The molecule has 1 N–H and O–H groups in total. The summed E-state index contributed by atoms with van der Waals surface area (Å²) in [5.74, 6) is -0.00524. The number of hydrogen-bond donors (Lipinski definition) is 1. The number of nitrogens with zero attached hydrogens (tertiary/aromatic N) is 1. The first-order valence-corrected chi connectivity index (χ1v) is 8.48. The summed E-state index contributed by atoms with van der Waals surface area (Å²) in [6.07, 6.45) is 0.387. The Labute approximate surface area is 147 Å². The van der Waals surface area contributed by atoms with Gasteiger partial charge in [-0.15, -0.1) is 0 Å². The molecule has 0 radical (unpaired) electrons. The van der Waals surface area contributed by atoms with Gasteiger partial charge >= 0.3 is 0 Å². The number of amides is 1. The lowest BCUT2D eigenvalue weighted by molar-refractivity contribution is -0.118. The standard InChI is InChI=1S/C21H22N2O2/c1-4-19(24)23(18-10-5-7-14(2)11-18)13-17-12-16-9-6-8-15(3)20(16)22-21(17)25/h5-12H,4,13H2,1-3H3,(H,22,25). The van der Waals surface area contributed by atoms with Crippen LogP contribution < -0.4 is 10.5 Å². The Bertz CT molecular complexity index is 989. The molecule has 0 spiro atoms. The third kappa shape index (κ3) is 3.48. The average molecular weight is 334 g/mol. The molecule has 0 saturated carbocycles. The number of anilines is 1. The van der Waals surface area contributed by atoms with E-state index in [-0.39, 0.29) is 18.0 Å². The van der Waals surface area contributed by atoms with Crippen LogP contribution >= 0.6 is 0 Å². The van der Waals surface area contributed by atoms with Gasteiger partial charge in [0, 0.05) is 17.7 Å². The molecule has 0 saturated heterocycles. The zero-order valence-corrected chi connectivity index (χ0v) is 14.8. The summed E-state index contributed by atoms with van der Waals surface area (Å²) in [4.78, 5) is 29.6. The topological polar surface area (TPSA) is 53.2 Å². The minimum Gasteiger partial charge on any atom is -0.321 e. The summed E-state index contributed by atoms with van der Waals surface area (Å²) >= 11 is 0. The number of fused-ring (bicyclic) bond motifs is 1. The predicted molar refractivity (Wildman–Crippen MR) is 102 cm³/mol. The summed E-state index contributed by atoms with van der Waals surface area (Å²) in [5.41, 5.74) is 4.20. The van der Waals surface area contributed by atoms with Gasteiger partial charge in [0.2, 0.25) is 5.91 Å². The third-order valence-corrected chi connectivity index (χ3v) is 4.41. The van der Waals surface area contributed by atoms with Crippen LogP contribution in [0.15, 0.2) is 53.3 Å². The fourth-order valence-electron chi connectivity index (χ4n) is 3.03. The smallest absolute Gasteiger partial charge is 0.253 e. The molecule has 0 atom stereocenters. The Kier molecular flexibility index (Phi) is 4.70. The van der Waals surface area contributed by atoms with Gasteiger partial charge in [-0.2, -0.15) is 0 Å². The molecule has 1 aromatic heterocycles. The minimum atomic E-state index is -0.150. The van der Waals surface area contributed by atoms with E-state index in [1.165, 1.54) is 0 Å². The van der Waals surface area contributed by atoms with Crippen molar-refractivity contribution in [3.8, 4) is 0 Å². The third-order valence-electron chi connectivity index (χ3n) is 4.41. The molecule has 3 rings (SSSR count). The van der Waals surface area contributed by atoms with E-state index in [9.17, 15) is 9.59 Å². The highest BCUT2D eigenvalue weighted by Crippen LogP contribution is 2.21. The van der Waals surface area contributed by atoms with Crippen LogP contribution in [-0.2, 0) is 11.3 Å².